The molecule has 1 rings (SSSR count). The Morgan fingerprint density at radius 2 is 1.78 bits per heavy atom. The molecule has 0 fully saturated rings. The zero-order valence-corrected chi connectivity index (χ0v) is 14.6. The normalized spacial score (nSPS) is 11.9. The Balaban J connectivity index is 2.58. The van der Waals surface area contributed by atoms with Gasteiger partial charge in [0.2, 0.25) is 0 Å². The van der Waals surface area contributed by atoms with Crippen LogP contribution >= 0.6 is 12.6 Å². The summed E-state index contributed by atoms with van der Waals surface area (Å²) in [6.07, 6.45) is 8.05. The fourth-order valence-electron chi connectivity index (χ4n) is 2.48. The van der Waals surface area contributed by atoms with Crippen molar-refractivity contribution >= 4 is 24.5 Å². The summed E-state index contributed by atoms with van der Waals surface area (Å²) in [6, 6.07) is 6.44. The lowest BCUT2D eigenvalue weighted by Gasteiger charge is -2.14. The Morgan fingerprint density at radius 3 is 2.43 bits per heavy atom. The molecule has 0 aliphatic rings. The number of benzene rings is 1. The number of amides is 1. The van der Waals surface area contributed by atoms with Crippen molar-refractivity contribution in [2.24, 2.45) is 0 Å². The molecule has 1 aromatic rings. The van der Waals surface area contributed by atoms with E-state index in [1.165, 1.54) is 25.7 Å². The lowest BCUT2D eigenvalue weighted by Crippen LogP contribution is -2.42. The Labute approximate surface area is 144 Å². The van der Waals surface area contributed by atoms with Gasteiger partial charge in [0.25, 0.3) is 5.91 Å². The summed E-state index contributed by atoms with van der Waals surface area (Å²) in [7, 11) is 0. The number of carboxylic acid groups (broad SMARTS) is 1. The molecule has 2 N–H and O–H groups in total. The van der Waals surface area contributed by atoms with E-state index in [-0.39, 0.29) is 11.7 Å². The van der Waals surface area contributed by atoms with Gasteiger partial charge in [-0.1, -0.05) is 57.2 Å². The maximum atomic E-state index is 12.3. The summed E-state index contributed by atoms with van der Waals surface area (Å²) in [5, 5.41) is 11.5. The zero-order chi connectivity index (χ0) is 17.1. The van der Waals surface area contributed by atoms with Gasteiger partial charge in [0.05, 0.1) is 0 Å². The van der Waals surface area contributed by atoms with Crippen LogP contribution in [-0.2, 0) is 11.2 Å². The maximum Gasteiger partial charge on any atom is 0.327 e. The van der Waals surface area contributed by atoms with Crippen LogP contribution in [-0.4, -0.2) is 28.8 Å². The molecular weight excluding hydrogens is 310 g/mol. The van der Waals surface area contributed by atoms with Crippen molar-refractivity contribution in [1.82, 2.24) is 5.32 Å². The monoisotopic (exact) mass is 337 g/mol. The number of carbonyl (C=O) groups excluding carboxylic acids is 1. The van der Waals surface area contributed by atoms with E-state index in [4.69, 9.17) is 5.11 Å². The molecule has 0 saturated heterocycles. The number of carbonyl (C=O) groups is 2. The first-order valence-electron chi connectivity index (χ1n) is 8.32. The minimum atomic E-state index is -1.07. The smallest absolute Gasteiger partial charge is 0.327 e. The second kappa shape index (κ2) is 11.1. The third-order valence-electron chi connectivity index (χ3n) is 3.85. The van der Waals surface area contributed by atoms with Crippen LogP contribution in [0.5, 0.6) is 0 Å². The lowest BCUT2D eigenvalue weighted by atomic mass is 9.99. The second-order valence-corrected chi connectivity index (χ2v) is 6.09. The van der Waals surface area contributed by atoms with Gasteiger partial charge in [0, 0.05) is 11.3 Å². The summed E-state index contributed by atoms with van der Waals surface area (Å²) in [5.74, 6) is -1.34. The summed E-state index contributed by atoms with van der Waals surface area (Å²) < 4.78 is 0. The summed E-state index contributed by atoms with van der Waals surface area (Å²) in [4.78, 5) is 23.3. The van der Waals surface area contributed by atoms with E-state index in [1.807, 2.05) is 12.1 Å². The molecule has 4 nitrogen and oxygen atoms in total. The number of aliphatic carboxylic acids is 1. The molecule has 0 unspecified atom stereocenters. The first kappa shape index (κ1) is 19.6. The number of unbranched alkanes of at least 4 members (excludes halogenated alkanes) is 5. The first-order chi connectivity index (χ1) is 11.1. The topological polar surface area (TPSA) is 66.4 Å². The fourth-order valence-corrected chi connectivity index (χ4v) is 2.72. The average Bonchev–Trinajstić information content (AvgIpc) is 2.55. The van der Waals surface area contributed by atoms with Crippen molar-refractivity contribution in [2.45, 2.75) is 57.9 Å². The van der Waals surface area contributed by atoms with Crippen molar-refractivity contribution in [3.63, 3.8) is 0 Å². The van der Waals surface area contributed by atoms with E-state index in [2.05, 4.69) is 24.9 Å². The van der Waals surface area contributed by atoms with Gasteiger partial charge in [-0.15, -0.1) is 0 Å². The molecule has 0 heterocycles. The Hall–Kier alpha value is -1.49. The summed E-state index contributed by atoms with van der Waals surface area (Å²) >= 11 is 3.97. The highest BCUT2D eigenvalue weighted by molar-refractivity contribution is 7.80. The van der Waals surface area contributed by atoms with Crippen LogP contribution in [0.1, 0.15) is 61.4 Å². The van der Waals surface area contributed by atoms with Crippen molar-refractivity contribution < 1.29 is 14.7 Å². The van der Waals surface area contributed by atoms with Crippen LogP contribution in [0, 0.1) is 0 Å². The number of hydrogen-bond acceptors (Lipinski definition) is 3. The molecule has 1 aromatic carbocycles. The van der Waals surface area contributed by atoms with Gasteiger partial charge in [-0.3, -0.25) is 4.79 Å². The third kappa shape index (κ3) is 7.08. The molecule has 0 aliphatic carbocycles. The van der Waals surface area contributed by atoms with Gasteiger partial charge >= 0.3 is 5.97 Å². The molecular formula is C18H27NO3S. The van der Waals surface area contributed by atoms with Gasteiger partial charge in [0.1, 0.15) is 6.04 Å². The number of aryl methyl sites for hydroxylation is 1. The zero-order valence-electron chi connectivity index (χ0n) is 13.8. The number of rotatable bonds is 11. The van der Waals surface area contributed by atoms with E-state index in [1.54, 1.807) is 12.1 Å². The number of hydrogen-bond donors (Lipinski definition) is 3. The van der Waals surface area contributed by atoms with Crippen molar-refractivity contribution in [2.75, 3.05) is 5.75 Å². The van der Waals surface area contributed by atoms with Crippen LogP contribution in [0.3, 0.4) is 0 Å². The quantitative estimate of drug-likeness (QED) is 0.426. The molecule has 0 spiro atoms. The largest absolute Gasteiger partial charge is 0.480 e. The molecule has 0 saturated carbocycles. The second-order valence-electron chi connectivity index (χ2n) is 5.72. The summed E-state index contributed by atoms with van der Waals surface area (Å²) in [6.45, 7) is 2.20. The highest BCUT2D eigenvalue weighted by atomic mass is 32.1. The predicted octanol–water partition coefficient (Wildman–Crippen LogP) is 3.70. The Bertz CT molecular complexity index is 505. The average molecular weight is 337 g/mol. The number of thiol groups is 1. The van der Waals surface area contributed by atoms with Gasteiger partial charge in [-0.25, -0.2) is 4.79 Å². The van der Waals surface area contributed by atoms with Crippen LogP contribution in [0.15, 0.2) is 24.3 Å². The molecule has 1 amide bonds. The van der Waals surface area contributed by atoms with Gasteiger partial charge in [-0.2, -0.15) is 12.6 Å². The van der Waals surface area contributed by atoms with Gasteiger partial charge in [-0.05, 0) is 24.5 Å². The van der Waals surface area contributed by atoms with E-state index in [0.29, 0.717) is 5.56 Å². The van der Waals surface area contributed by atoms with Crippen molar-refractivity contribution in [1.29, 1.82) is 0 Å². The fraction of sp³-hybridized carbons (Fsp3) is 0.556. The molecule has 5 heteroatoms. The minimum Gasteiger partial charge on any atom is -0.480 e. The predicted molar refractivity (Wildman–Crippen MR) is 96.3 cm³/mol. The molecule has 0 aromatic heterocycles. The molecule has 0 bridgehead atoms. The van der Waals surface area contributed by atoms with Crippen LogP contribution in [0.4, 0.5) is 0 Å². The standard InChI is InChI=1S/C18H27NO3S/c1-2-3-4-5-6-7-10-14-11-8-9-12-15(14)17(20)19-16(13-23)18(21)22/h8-9,11-12,16,23H,2-7,10,13H2,1H3,(H,19,20)(H,21,22)/t16-/m0/s1. The highest BCUT2D eigenvalue weighted by Crippen LogP contribution is 2.14. The van der Waals surface area contributed by atoms with Gasteiger partial charge in [0.15, 0.2) is 0 Å². The molecule has 0 radical (unpaired) electrons. The molecule has 0 aliphatic heterocycles. The Kier molecular flexibility index (Phi) is 9.45. The number of carboxylic acids is 1. The van der Waals surface area contributed by atoms with Crippen molar-refractivity contribution in [3.8, 4) is 0 Å². The van der Waals surface area contributed by atoms with E-state index < -0.39 is 12.0 Å². The highest BCUT2D eigenvalue weighted by Gasteiger charge is 2.20. The van der Waals surface area contributed by atoms with Crippen LogP contribution < -0.4 is 5.32 Å². The minimum absolute atomic E-state index is 0.0701. The van der Waals surface area contributed by atoms with Crippen molar-refractivity contribution in [3.05, 3.63) is 35.4 Å². The SMILES string of the molecule is CCCCCCCCc1ccccc1C(=O)N[C@@H](CS)C(=O)O. The first-order valence-corrected chi connectivity index (χ1v) is 8.95. The molecule has 128 valence electrons. The maximum absolute atomic E-state index is 12.3. The lowest BCUT2D eigenvalue weighted by molar-refractivity contribution is -0.138. The van der Waals surface area contributed by atoms with E-state index in [0.717, 1.165) is 24.8 Å². The van der Waals surface area contributed by atoms with Crippen LogP contribution in [0.2, 0.25) is 0 Å². The third-order valence-corrected chi connectivity index (χ3v) is 4.21. The summed E-state index contributed by atoms with van der Waals surface area (Å²) in [5.41, 5.74) is 1.54. The van der Waals surface area contributed by atoms with Gasteiger partial charge < -0.3 is 10.4 Å². The molecule has 1 atom stereocenters. The Morgan fingerprint density at radius 1 is 1.13 bits per heavy atom. The van der Waals surface area contributed by atoms with E-state index in [9.17, 15) is 9.59 Å². The van der Waals surface area contributed by atoms with E-state index >= 15 is 0 Å². The van der Waals surface area contributed by atoms with Crippen LogP contribution in [0.25, 0.3) is 0 Å². The molecule has 23 heavy (non-hydrogen) atoms. The number of nitrogens with one attached hydrogen (secondary N) is 1.